The maximum Gasteiger partial charge on any atom is 4.00 e. The molecule has 0 saturated heterocycles. The second kappa shape index (κ2) is 38.3. The van der Waals surface area contributed by atoms with Crippen molar-refractivity contribution in [1.82, 2.24) is 0 Å². The maximum atomic E-state index is 9.42. The summed E-state index contributed by atoms with van der Waals surface area (Å²) in [5.41, 5.74) is 0. The first-order chi connectivity index (χ1) is 12.1. The molecule has 0 spiro atoms. The van der Waals surface area contributed by atoms with E-state index < -0.39 is 23.9 Å². The molecule has 0 aliphatic carbocycles. The van der Waals surface area contributed by atoms with E-state index in [9.17, 15) is 39.6 Å². The Balaban J connectivity index is -0.0000000521. The number of carbonyl (C=O) groups is 4. The van der Waals surface area contributed by atoms with Crippen LogP contribution < -0.4 is 20.4 Å². The summed E-state index contributed by atoms with van der Waals surface area (Å²) in [4.78, 5) is 37.7. The van der Waals surface area contributed by atoms with Crippen molar-refractivity contribution in [3.05, 3.63) is 71.2 Å². The molecule has 0 aromatic rings. The number of carboxylic acids is 4. The fourth-order valence-electron chi connectivity index (χ4n) is 0.471. The molecule has 148 valence electrons. The monoisotopic (exact) mass is 380 g/mol. The Morgan fingerprint density at radius 2 is 0.630 bits per heavy atom. The van der Waals surface area contributed by atoms with Crippen molar-refractivity contribution in [2.45, 2.75) is 25.7 Å². The molecule has 0 bridgehead atoms. The van der Waals surface area contributed by atoms with Crippen LogP contribution in [0.1, 0.15) is 25.7 Å². The van der Waals surface area contributed by atoms with Gasteiger partial charge < -0.3 is 39.6 Å². The molecule has 8 nitrogen and oxygen atoms in total. The van der Waals surface area contributed by atoms with E-state index in [4.69, 9.17) is 0 Å². The van der Waals surface area contributed by atoms with Crippen molar-refractivity contribution in [3.8, 4) is 0 Å². The molecule has 0 aromatic carbocycles. The van der Waals surface area contributed by atoms with Gasteiger partial charge in [0.05, 0.1) is 0 Å². The Labute approximate surface area is 161 Å². The van der Waals surface area contributed by atoms with Crippen LogP contribution in [0.25, 0.3) is 0 Å². The Bertz CT molecular complexity index is 359. The number of aliphatic carboxylic acids is 4. The SMILES string of the molecule is C=C.C=CCC(=O)[O-].C=CCC(=O)[O-].C=CCC(=O)[O-].C=CCC(=O)[O-].[C+4]. The van der Waals surface area contributed by atoms with Gasteiger partial charge in [-0.1, -0.05) is 24.3 Å². The van der Waals surface area contributed by atoms with Crippen LogP contribution in [0.15, 0.2) is 63.8 Å². The van der Waals surface area contributed by atoms with Crippen molar-refractivity contribution in [2.24, 2.45) is 0 Å². The van der Waals surface area contributed by atoms with E-state index >= 15 is 0 Å². The quantitative estimate of drug-likeness (QED) is 0.443. The first-order valence-corrected chi connectivity index (χ1v) is 6.81. The molecule has 0 fully saturated rings. The van der Waals surface area contributed by atoms with Gasteiger partial charge in [0.1, 0.15) is 0 Å². The Morgan fingerprint density at radius 1 is 0.519 bits per heavy atom. The fraction of sp³-hybridized carbons (Fsp3) is 0.211. The van der Waals surface area contributed by atoms with Gasteiger partial charge in [-0.05, 0) is 0 Å². The summed E-state index contributed by atoms with van der Waals surface area (Å²) < 4.78 is 0. The van der Waals surface area contributed by atoms with Gasteiger partial charge >= 0.3 is 7.43 Å². The summed E-state index contributed by atoms with van der Waals surface area (Å²) in [5, 5.41) is 37.7. The molecule has 0 rings (SSSR count). The van der Waals surface area contributed by atoms with Crippen molar-refractivity contribution in [3.63, 3.8) is 0 Å². The molecule has 0 radical (unpaired) electrons. The predicted molar refractivity (Wildman–Crippen MR) is 93.8 cm³/mol. The van der Waals surface area contributed by atoms with Crippen molar-refractivity contribution in [1.29, 1.82) is 0 Å². The molecule has 0 aliphatic heterocycles. The summed E-state index contributed by atoms with van der Waals surface area (Å²) in [7, 11) is 0. The van der Waals surface area contributed by atoms with Gasteiger partial charge in [-0.2, -0.15) is 0 Å². The smallest absolute Gasteiger partial charge is 0.550 e. The van der Waals surface area contributed by atoms with Crippen LogP contribution in [0.5, 0.6) is 0 Å². The molecule has 27 heavy (non-hydrogen) atoms. The van der Waals surface area contributed by atoms with Crippen LogP contribution in [0.2, 0.25) is 0 Å². The molecule has 0 heterocycles. The number of hydrogen-bond acceptors (Lipinski definition) is 8. The average Bonchev–Trinajstić information content (AvgIpc) is 2.50. The van der Waals surface area contributed by atoms with Gasteiger partial charge in [-0.15, -0.1) is 39.5 Å². The zero-order valence-electron chi connectivity index (χ0n) is 15.1. The molecule has 0 N–H and O–H groups in total. The minimum absolute atomic E-state index is 0. The van der Waals surface area contributed by atoms with Crippen LogP contribution in [-0.4, -0.2) is 23.9 Å². The molecular formula is C19H24O8. The minimum atomic E-state index is -1.08. The van der Waals surface area contributed by atoms with E-state index in [1.165, 1.54) is 24.3 Å². The second-order valence-electron chi connectivity index (χ2n) is 3.46. The zero-order valence-corrected chi connectivity index (χ0v) is 15.1. The van der Waals surface area contributed by atoms with Crippen molar-refractivity contribution in [2.75, 3.05) is 0 Å². The maximum absolute atomic E-state index is 9.42. The summed E-state index contributed by atoms with van der Waals surface area (Å²) in [6, 6.07) is 0. The van der Waals surface area contributed by atoms with E-state index in [-0.39, 0.29) is 33.1 Å². The third-order valence-electron chi connectivity index (χ3n) is 1.24. The van der Waals surface area contributed by atoms with E-state index in [0.717, 1.165) is 0 Å². The number of carboxylic acid groups (broad SMARTS) is 4. The minimum Gasteiger partial charge on any atom is -0.550 e. The van der Waals surface area contributed by atoms with Crippen LogP contribution in [0.4, 0.5) is 0 Å². The second-order valence-corrected chi connectivity index (χ2v) is 3.46. The average molecular weight is 380 g/mol. The first kappa shape index (κ1) is 38.9. The summed E-state index contributed by atoms with van der Waals surface area (Å²) in [5.74, 6) is -4.31. The third kappa shape index (κ3) is 130. The summed E-state index contributed by atoms with van der Waals surface area (Å²) in [6.45, 7) is 18.7. The van der Waals surface area contributed by atoms with Crippen molar-refractivity contribution >= 4 is 23.9 Å². The van der Waals surface area contributed by atoms with Crippen LogP contribution in [0, 0.1) is 7.43 Å². The zero-order chi connectivity index (χ0) is 22.0. The molecule has 0 atom stereocenters. The van der Waals surface area contributed by atoms with Gasteiger partial charge in [-0.25, -0.2) is 0 Å². The van der Waals surface area contributed by atoms with Crippen LogP contribution in [-0.2, 0) is 19.2 Å². The molecular weight excluding hydrogens is 356 g/mol. The van der Waals surface area contributed by atoms with Gasteiger partial charge in [0.2, 0.25) is 0 Å². The topological polar surface area (TPSA) is 161 Å². The summed E-state index contributed by atoms with van der Waals surface area (Å²) >= 11 is 0. The van der Waals surface area contributed by atoms with E-state index in [1.54, 1.807) is 0 Å². The van der Waals surface area contributed by atoms with Crippen LogP contribution >= 0.6 is 0 Å². The van der Waals surface area contributed by atoms with Gasteiger partial charge in [0, 0.05) is 49.6 Å². The standard InChI is InChI=1S/4C4H6O2.C2H4.C/c4*1-2-3-4(5)6;1-2;/h4*2H,1,3H2,(H,5,6);1-2H2;/q;;;;;+4/p-4. The predicted octanol–water partition coefficient (Wildman–Crippen LogP) is -1.87. The van der Waals surface area contributed by atoms with Gasteiger partial charge in [-0.3, -0.25) is 0 Å². The van der Waals surface area contributed by atoms with Gasteiger partial charge in [0.25, 0.3) is 0 Å². The third-order valence-corrected chi connectivity index (χ3v) is 1.24. The Hall–Kier alpha value is -3.42. The largest absolute Gasteiger partial charge is 4.00 e. The molecule has 0 amide bonds. The van der Waals surface area contributed by atoms with Gasteiger partial charge in [0.15, 0.2) is 0 Å². The first-order valence-electron chi connectivity index (χ1n) is 6.81. The molecule has 8 heteroatoms. The normalized spacial score (nSPS) is 6.67. The molecule has 0 unspecified atom stereocenters. The number of rotatable bonds is 8. The number of hydrogen-bond donors (Lipinski definition) is 0. The number of carbonyl (C=O) groups excluding carboxylic acids is 4. The van der Waals surface area contributed by atoms with Crippen LogP contribution in [0.3, 0.4) is 0 Å². The van der Waals surface area contributed by atoms with Crippen molar-refractivity contribution < 1.29 is 39.6 Å². The molecule has 0 aromatic heterocycles. The Kier molecular flexibility index (Phi) is 55.1. The molecule has 0 saturated carbocycles. The molecule has 0 aliphatic rings. The fourth-order valence-corrected chi connectivity index (χ4v) is 0.471. The summed E-state index contributed by atoms with van der Waals surface area (Å²) in [6.07, 6.45) is 4.93. The Morgan fingerprint density at radius 3 is 0.630 bits per heavy atom. The van der Waals surface area contributed by atoms with E-state index in [0.29, 0.717) is 0 Å². The van der Waals surface area contributed by atoms with E-state index in [2.05, 4.69) is 39.5 Å². The van der Waals surface area contributed by atoms with E-state index in [1.807, 2.05) is 0 Å².